The first-order valence-electron chi connectivity index (χ1n) is 5.47. The van der Waals surface area contributed by atoms with E-state index in [1.165, 1.54) is 0 Å². The van der Waals surface area contributed by atoms with Crippen molar-refractivity contribution >= 4 is 5.91 Å². The van der Waals surface area contributed by atoms with Crippen molar-refractivity contribution in [3.8, 4) is 5.75 Å². The van der Waals surface area contributed by atoms with Gasteiger partial charge in [0, 0.05) is 18.2 Å². The molecule has 0 spiro atoms. The molecule has 0 aromatic heterocycles. The molecule has 94 valence electrons. The summed E-state index contributed by atoms with van der Waals surface area (Å²) < 4.78 is 5.03. The second-order valence-corrected chi connectivity index (χ2v) is 4.72. The Kier molecular flexibility index (Phi) is 4.12. The Bertz CT molecular complexity index is 413. The van der Waals surface area contributed by atoms with Gasteiger partial charge in [0.15, 0.2) is 0 Å². The quantitative estimate of drug-likeness (QED) is 0.840. The third-order valence-electron chi connectivity index (χ3n) is 2.51. The summed E-state index contributed by atoms with van der Waals surface area (Å²) in [4.78, 5) is 12.0. The first kappa shape index (κ1) is 13.5. The third-order valence-corrected chi connectivity index (χ3v) is 2.51. The number of rotatable bonds is 4. The highest BCUT2D eigenvalue weighted by Crippen LogP contribution is 2.20. The maximum absolute atomic E-state index is 12.0. The second kappa shape index (κ2) is 5.19. The summed E-state index contributed by atoms with van der Waals surface area (Å²) in [6.07, 6.45) is 0. The fourth-order valence-corrected chi connectivity index (χ4v) is 1.64. The predicted octanol–water partition coefficient (Wildman–Crippen LogP) is 1.86. The molecule has 17 heavy (non-hydrogen) atoms. The lowest BCUT2D eigenvalue weighted by molar-refractivity contribution is 0.0819. The molecule has 0 aliphatic rings. The van der Waals surface area contributed by atoms with Gasteiger partial charge in [-0.25, -0.2) is 0 Å². The van der Waals surface area contributed by atoms with Gasteiger partial charge in [-0.1, -0.05) is 6.07 Å². The molecular formula is C13H19NO3. The van der Waals surface area contributed by atoms with E-state index in [2.05, 4.69) is 5.32 Å². The SMILES string of the molecule is COCC(C)(C)NC(=O)c1cccc(O)c1C. The molecule has 0 saturated heterocycles. The molecule has 0 heterocycles. The van der Waals surface area contributed by atoms with E-state index in [0.717, 1.165) is 0 Å². The topological polar surface area (TPSA) is 58.6 Å². The van der Waals surface area contributed by atoms with Crippen molar-refractivity contribution in [3.05, 3.63) is 29.3 Å². The monoisotopic (exact) mass is 237 g/mol. The summed E-state index contributed by atoms with van der Waals surface area (Å²) in [6, 6.07) is 4.90. The number of ether oxygens (including phenoxy) is 1. The van der Waals surface area contributed by atoms with Crippen LogP contribution in [0, 0.1) is 6.92 Å². The van der Waals surface area contributed by atoms with Crippen molar-refractivity contribution in [2.45, 2.75) is 26.3 Å². The number of phenolic OH excluding ortho intramolecular Hbond substituents is 1. The number of hydrogen-bond acceptors (Lipinski definition) is 3. The van der Waals surface area contributed by atoms with Gasteiger partial charge < -0.3 is 15.2 Å². The number of nitrogens with one attached hydrogen (secondary N) is 1. The molecule has 1 aromatic carbocycles. The summed E-state index contributed by atoms with van der Waals surface area (Å²) >= 11 is 0. The Balaban J connectivity index is 2.87. The van der Waals surface area contributed by atoms with Crippen LogP contribution in [-0.4, -0.2) is 30.3 Å². The third kappa shape index (κ3) is 3.46. The molecule has 1 rings (SSSR count). The van der Waals surface area contributed by atoms with E-state index in [1.54, 1.807) is 32.2 Å². The number of carbonyl (C=O) groups excluding carboxylic acids is 1. The zero-order chi connectivity index (χ0) is 13.1. The van der Waals surface area contributed by atoms with Gasteiger partial charge in [-0.2, -0.15) is 0 Å². The molecule has 1 aromatic rings. The van der Waals surface area contributed by atoms with Crippen LogP contribution in [0.2, 0.25) is 0 Å². The fourth-order valence-electron chi connectivity index (χ4n) is 1.64. The minimum absolute atomic E-state index is 0.127. The molecule has 0 bridgehead atoms. The van der Waals surface area contributed by atoms with Gasteiger partial charge in [0.05, 0.1) is 12.1 Å². The smallest absolute Gasteiger partial charge is 0.252 e. The molecule has 1 amide bonds. The highest BCUT2D eigenvalue weighted by atomic mass is 16.5. The minimum Gasteiger partial charge on any atom is -0.508 e. The number of phenols is 1. The van der Waals surface area contributed by atoms with Gasteiger partial charge in [-0.3, -0.25) is 4.79 Å². The normalized spacial score (nSPS) is 11.3. The van der Waals surface area contributed by atoms with E-state index in [4.69, 9.17) is 4.74 Å². The first-order chi connectivity index (χ1) is 7.87. The predicted molar refractivity (Wildman–Crippen MR) is 66.3 cm³/mol. The van der Waals surface area contributed by atoms with Gasteiger partial charge >= 0.3 is 0 Å². The maximum atomic E-state index is 12.0. The van der Waals surface area contributed by atoms with Gasteiger partial charge in [0.1, 0.15) is 5.75 Å². The Morgan fingerprint density at radius 3 is 2.71 bits per heavy atom. The van der Waals surface area contributed by atoms with Crippen LogP contribution in [0.5, 0.6) is 5.75 Å². The van der Waals surface area contributed by atoms with E-state index in [0.29, 0.717) is 17.7 Å². The Labute approximate surface area is 102 Å². The number of benzene rings is 1. The van der Waals surface area contributed by atoms with Crippen LogP contribution < -0.4 is 5.32 Å². The van der Waals surface area contributed by atoms with Gasteiger partial charge in [-0.05, 0) is 32.9 Å². The van der Waals surface area contributed by atoms with Crippen LogP contribution in [0.4, 0.5) is 0 Å². The number of carbonyl (C=O) groups is 1. The fraction of sp³-hybridized carbons (Fsp3) is 0.462. The average Bonchev–Trinajstić information content (AvgIpc) is 2.21. The molecule has 0 unspecified atom stereocenters. The van der Waals surface area contributed by atoms with Crippen molar-refractivity contribution in [2.75, 3.05) is 13.7 Å². The zero-order valence-corrected chi connectivity index (χ0v) is 10.7. The van der Waals surface area contributed by atoms with Crippen molar-refractivity contribution < 1.29 is 14.6 Å². The van der Waals surface area contributed by atoms with Crippen LogP contribution in [0.3, 0.4) is 0 Å². The largest absolute Gasteiger partial charge is 0.508 e. The highest BCUT2D eigenvalue weighted by molar-refractivity contribution is 5.96. The first-order valence-corrected chi connectivity index (χ1v) is 5.47. The van der Waals surface area contributed by atoms with E-state index >= 15 is 0 Å². The van der Waals surface area contributed by atoms with E-state index in [-0.39, 0.29) is 11.7 Å². The van der Waals surface area contributed by atoms with E-state index in [1.807, 2.05) is 13.8 Å². The van der Waals surface area contributed by atoms with Gasteiger partial charge in [-0.15, -0.1) is 0 Å². The molecule has 4 nitrogen and oxygen atoms in total. The molecule has 0 radical (unpaired) electrons. The lowest BCUT2D eigenvalue weighted by Gasteiger charge is -2.25. The van der Waals surface area contributed by atoms with Crippen molar-refractivity contribution in [3.63, 3.8) is 0 Å². The summed E-state index contributed by atoms with van der Waals surface area (Å²) in [5, 5.41) is 12.4. The highest BCUT2D eigenvalue weighted by Gasteiger charge is 2.22. The number of aromatic hydroxyl groups is 1. The standard InChI is InChI=1S/C13H19NO3/c1-9-10(6-5-7-11(9)15)12(16)14-13(2,3)8-17-4/h5-7,15H,8H2,1-4H3,(H,14,16). The van der Waals surface area contributed by atoms with Crippen LogP contribution in [0.1, 0.15) is 29.8 Å². The number of hydrogen-bond donors (Lipinski definition) is 2. The van der Waals surface area contributed by atoms with Crippen LogP contribution in [-0.2, 0) is 4.74 Å². The molecule has 0 aliphatic carbocycles. The molecule has 0 aliphatic heterocycles. The lowest BCUT2D eigenvalue weighted by atomic mass is 10.0. The zero-order valence-electron chi connectivity index (χ0n) is 10.7. The summed E-state index contributed by atoms with van der Waals surface area (Å²) in [6.45, 7) is 5.91. The molecule has 0 saturated carbocycles. The summed E-state index contributed by atoms with van der Waals surface area (Å²) in [5.41, 5.74) is 0.622. The van der Waals surface area contributed by atoms with Crippen molar-refractivity contribution in [1.29, 1.82) is 0 Å². The van der Waals surface area contributed by atoms with Crippen LogP contribution in [0.15, 0.2) is 18.2 Å². The number of amides is 1. The molecule has 4 heteroatoms. The molecule has 0 atom stereocenters. The molecule has 2 N–H and O–H groups in total. The van der Waals surface area contributed by atoms with Gasteiger partial charge in [0.2, 0.25) is 0 Å². The van der Waals surface area contributed by atoms with Crippen molar-refractivity contribution in [1.82, 2.24) is 5.32 Å². The lowest BCUT2D eigenvalue weighted by Crippen LogP contribution is -2.46. The average molecular weight is 237 g/mol. The molecule has 0 fully saturated rings. The Hall–Kier alpha value is -1.55. The Morgan fingerprint density at radius 1 is 1.47 bits per heavy atom. The van der Waals surface area contributed by atoms with Crippen LogP contribution in [0.25, 0.3) is 0 Å². The Morgan fingerprint density at radius 2 is 2.12 bits per heavy atom. The minimum atomic E-state index is -0.441. The molecular weight excluding hydrogens is 218 g/mol. The van der Waals surface area contributed by atoms with Crippen LogP contribution >= 0.6 is 0 Å². The van der Waals surface area contributed by atoms with Gasteiger partial charge in [0.25, 0.3) is 5.91 Å². The van der Waals surface area contributed by atoms with E-state index < -0.39 is 5.54 Å². The summed E-state index contributed by atoms with van der Waals surface area (Å²) in [5.74, 6) is -0.0809. The maximum Gasteiger partial charge on any atom is 0.252 e. The van der Waals surface area contributed by atoms with E-state index in [9.17, 15) is 9.90 Å². The summed E-state index contributed by atoms with van der Waals surface area (Å²) in [7, 11) is 1.59. The number of methoxy groups -OCH3 is 1. The second-order valence-electron chi connectivity index (χ2n) is 4.72. The van der Waals surface area contributed by atoms with Crippen molar-refractivity contribution in [2.24, 2.45) is 0 Å².